The van der Waals surface area contributed by atoms with E-state index in [1.165, 1.54) is 45.3 Å². The maximum Gasteiger partial charge on any atom is 0.126 e. The first kappa shape index (κ1) is 92.8. The highest BCUT2D eigenvalue weighted by Gasteiger charge is 2.28. The van der Waals surface area contributed by atoms with Crippen molar-refractivity contribution in [2.75, 3.05) is 0 Å². The molecule has 1 aliphatic heterocycles. The molecule has 1 saturated carbocycles. The summed E-state index contributed by atoms with van der Waals surface area (Å²) in [5.74, 6) is 0.375. The highest BCUT2D eigenvalue weighted by Crippen LogP contribution is 2.45. The predicted octanol–water partition coefficient (Wildman–Crippen LogP) is 32.1. The van der Waals surface area contributed by atoms with Crippen LogP contribution in [0.2, 0.25) is 0 Å². The third kappa shape index (κ3) is 21.4. The Bertz CT molecular complexity index is 8310. The molecule has 11 aromatic heterocycles. The second kappa shape index (κ2) is 42.6. The van der Waals surface area contributed by atoms with Gasteiger partial charge < -0.3 is 4.98 Å². The lowest BCUT2D eigenvalue weighted by Crippen LogP contribution is -1.94. The Morgan fingerprint density at radius 3 is 1.09 bits per heavy atom. The van der Waals surface area contributed by atoms with Crippen LogP contribution >= 0.6 is 0 Å². The minimum atomic E-state index is -0.201. The van der Waals surface area contributed by atoms with Crippen LogP contribution in [0.4, 0.5) is 13.2 Å². The molecule has 0 unspecified atom stereocenters. The smallest absolute Gasteiger partial charge is 0.126 e. The fourth-order valence-electron chi connectivity index (χ4n) is 18.2. The van der Waals surface area contributed by atoms with E-state index in [0.717, 1.165) is 208 Å². The second-order valence-electron chi connectivity index (χ2n) is 36.1. The molecular formula is C127H98F3N13. The highest BCUT2D eigenvalue weighted by atomic mass is 19.1. The molecule has 0 saturated heterocycles. The molecule has 13 nitrogen and oxygen atoms in total. The zero-order valence-corrected chi connectivity index (χ0v) is 79.8. The van der Waals surface area contributed by atoms with Gasteiger partial charge in [-0.05, 0) is 318 Å². The summed E-state index contributed by atoms with van der Waals surface area (Å²) in [5.41, 5.74) is 37.4. The fourth-order valence-corrected chi connectivity index (χ4v) is 18.2. The summed E-state index contributed by atoms with van der Waals surface area (Å²) < 4.78 is 41.3. The number of rotatable bonds is 14. The van der Waals surface area contributed by atoms with Gasteiger partial charge in [-0.3, -0.25) is 54.8 Å². The molecule has 16 heteroatoms. The average Bonchev–Trinajstić information content (AvgIpc) is 1.60. The standard InChI is InChI=1S/C22H17FN2.2C21H15FN2.C21H19N3.2C21H16N2/c23-21-8-7-16(11-20(21)14-3-4-14)22-19(2-1-9-25-22)15-5-6-17-12-24-13-18(17)10-15;1-14-12-17(6-8-19(14)22)21-18(5-3-11-24-21)15-7-9-20-16(13-15)4-2-10-23-20;1-14-11-17(6-7-20(14)22)21-19(3-2-9-24-21)16-5-4-15-8-10-23-13-18(15)12-16;1-14(2)15-5-3-6-17(11-15)21-18(7-4-10-22-21)16-8-9-19-20(12-16)24-13-23-19;1-15-5-2-6-18(13-15)21-19(8-4-12-23-21)16-9-10-20-17(14-16)7-3-11-22-20;1-15-4-2-5-18(12-15)21-20(6-3-10-23-21)17-8-7-16-9-11-22-14-19(16)13-17/h1-2,5-11,13-14H,3-4,12H2;2*2-13H,1H3;3-14H,1-2H3,(H,23,24);2*2-14H,1H3. The van der Waals surface area contributed by atoms with Crippen LogP contribution < -0.4 is 0 Å². The van der Waals surface area contributed by atoms with Crippen LogP contribution in [0, 0.1) is 45.1 Å². The van der Waals surface area contributed by atoms with Gasteiger partial charge in [0.2, 0.25) is 0 Å². The highest BCUT2D eigenvalue weighted by molar-refractivity contribution is 5.96. The molecule has 692 valence electrons. The van der Waals surface area contributed by atoms with Crippen molar-refractivity contribution in [1.29, 1.82) is 0 Å². The van der Waals surface area contributed by atoms with E-state index in [1.807, 2.05) is 171 Å². The minimum Gasteiger partial charge on any atom is -0.345 e. The Kier molecular flexibility index (Phi) is 27.6. The van der Waals surface area contributed by atoms with Gasteiger partial charge in [0.25, 0.3) is 0 Å². The quantitative estimate of drug-likeness (QED) is 0.110. The van der Waals surface area contributed by atoms with Gasteiger partial charge in [0.15, 0.2) is 0 Å². The van der Waals surface area contributed by atoms with Crippen LogP contribution in [0.15, 0.2) is 431 Å². The van der Waals surface area contributed by atoms with Crippen LogP contribution in [0.1, 0.15) is 83.0 Å². The Hall–Kier alpha value is -17.9. The van der Waals surface area contributed by atoms with E-state index >= 15 is 0 Å². The number of nitrogens with one attached hydrogen (secondary N) is 1. The zero-order chi connectivity index (χ0) is 97.7. The van der Waals surface area contributed by atoms with E-state index in [2.05, 4.69) is 287 Å². The van der Waals surface area contributed by atoms with E-state index in [9.17, 15) is 13.2 Å². The Morgan fingerprint density at radius 1 is 0.280 bits per heavy atom. The maximum atomic E-state index is 14.1. The first-order chi connectivity index (χ1) is 70.1. The number of benzene rings is 12. The number of fused-ring (bicyclic) bond motifs is 6. The number of nitrogens with zero attached hydrogens (tertiary/aromatic N) is 12. The Morgan fingerprint density at radius 2 is 0.650 bits per heavy atom. The van der Waals surface area contributed by atoms with Gasteiger partial charge >= 0.3 is 0 Å². The van der Waals surface area contributed by atoms with Crippen molar-refractivity contribution in [3.8, 4) is 134 Å². The molecule has 1 fully saturated rings. The summed E-state index contributed by atoms with van der Waals surface area (Å²) in [7, 11) is 0. The number of aryl methyl sites for hydroxylation is 4. The summed E-state index contributed by atoms with van der Waals surface area (Å²) in [6, 6.07) is 116. The number of hydrogen-bond donors (Lipinski definition) is 1. The number of imidazole rings is 1. The van der Waals surface area contributed by atoms with E-state index < -0.39 is 0 Å². The second-order valence-corrected chi connectivity index (χ2v) is 36.1. The van der Waals surface area contributed by atoms with Crippen molar-refractivity contribution in [3.05, 3.63) is 488 Å². The lowest BCUT2D eigenvalue weighted by Gasteiger charge is -2.12. The van der Waals surface area contributed by atoms with Gasteiger partial charge in [-0.25, -0.2) is 18.2 Å². The van der Waals surface area contributed by atoms with Crippen molar-refractivity contribution in [2.24, 2.45) is 4.99 Å². The van der Waals surface area contributed by atoms with Gasteiger partial charge in [-0.15, -0.1) is 0 Å². The molecule has 143 heavy (non-hydrogen) atoms. The van der Waals surface area contributed by atoms with Crippen molar-refractivity contribution < 1.29 is 13.2 Å². The summed E-state index contributed by atoms with van der Waals surface area (Å²) >= 11 is 0. The normalized spacial score (nSPS) is 11.7. The number of pyridine rings is 10. The van der Waals surface area contributed by atoms with Crippen LogP contribution in [-0.4, -0.2) is 66.0 Å². The zero-order valence-electron chi connectivity index (χ0n) is 79.8. The molecule has 1 N–H and O–H groups in total. The molecule has 12 aromatic carbocycles. The molecule has 23 aromatic rings. The van der Waals surface area contributed by atoms with Gasteiger partial charge in [-0.2, -0.15) is 0 Å². The molecule has 0 amide bonds. The van der Waals surface area contributed by atoms with Crippen molar-refractivity contribution in [1.82, 2.24) is 59.8 Å². The fraction of sp³-hybridized carbons (Fsp3) is 0.0866. The molecule has 1 aliphatic carbocycles. The lowest BCUT2D eigenvalue weighted by atomic mass is 9.95. The molecule has 0 radical (unpaired) electrons. The topological polar surface area (TPSA) is 170 Å². The van der Waals surface area contributed by atoms with E-state index in [1.54, 1.807) is 69.4 Å². The van der Waals surface area contributed by atoms with E-state index in [0.29, 0.717) is 23.0 Å². The number of aliphatic imine (C=N–C) groups is 1. The first-order valence-corrected chi connectivity index (χ1v) is 47.8. The number of H-pyrrole nitrogens is 1. The molecular weight excluding hydrogens is 1760 g/mol. The SMILES string of the molecule is CC(C)c1cccc(-c2ncccc2-c2ccc3nc[nH]c3c2)c1.Cc1cc(-c2ncccc2-c2ccc3ccncc3c2)ccc1F.Cc1cc(-c2ncccc2-c2ccc3ncccc3c2)ccc1F.Cc1cccc(-c2ncccc2-c2ccc3ccncc3c2)c1.Cc1cccc(-c2ncccc2-c2ccc3ncccc3c2)c1.Fc1ccc(-c2ncccc2-c2ccc3c(c2)C=NC3)cc1C1CC1. The maximum absolute atomic E-state index is 14.1. The van der Waals surface area contributed by atoms with E-state index in [4.69, 9.17) is 0 Å². The van der Waals surface area contributed by atoms with Crippen molar-refractivity contribution in [3.63, 3.8) is 0 Å². The molecule has 0 spiro atoms. The average molecular weight is 1860 g/mol. The molecule has 2 aliphatic rings. The largest absolute Gasteiger partial charge is 0.345 e. The predicted molar refractivity (Wildman–Crippen MR) is 578 cm³/mol. The lowest BCUT2D eigenvalue weighted by molar-refractivity contribution is 0.611. The Balaban J connectivity index is 0.000000105. The van der Waals surface area contributed by atoms with Gasteiger partial charge in [0.1, 0.15) is 17.5 Å². The monoisotopic (exact) mass is 1860 g/mol. The van der Waals surface area contributed by atoms with Crippen LogP contribution in [-0.2, 0) is 6.54 Å². The molecule has 25 rings (SSSR count). The number of aromatic nitrogens is 12. The number of aromatic amines is 1. The van der Waals surface area contributed by atoms with Crippen molar-refractivity contribution >= 4 is 60.6 Å². The van der Waals surface area contributed by atoms with Gasteiger partial charge in [0.05, 0.1) is 69.1 Å². The van der Waals surface area contributed by atoms with Gasteiger partial charge in [-0.1, -0.05) is 183 Å². The summed E-state index contributed by atoms with van der Waals surface area (Å²) in [6.45, 7) is 12.9. The minimum absolute atomic E-state index is 0.0996. The first-order valence-electron chi connectivity index (χ1n) is 47.8. The van der Waals surface area contributed by atoms with Crippen molar-refractivity contribution in [2.45, 2.75) is 72.8 Å². The molecule has 0 bridgehead atoms. The van der Waals surface area contributed by atoms with Crippen LogP contribution in [0.25, 0.3) is 189 Å². The molecule has 0 atom stereocenters. The van der Waals surface area contributed by atoms with Crippen LogP contribution in [0.5, 0.6) is 0 Å². The summed E-state index contributed by atoms with van der Waals surface area (Å²) in [6.07, 6.45) is 27.7. The summed E-state index contributed by atoms with van der Waals surface area (Å²) in [5, 5.41) is 6.80. The van der Waals surface area contributed by atoms with E-state index in [-0.39, 0.29) is 17.5 Å². The number of halogens is 3. The van der Waals surface area contributed by atoms with Crippen LogP contribution in [0.3, 0.4) is 0 Å². The Labute approximate surface area is 828 Å². The number of hydrogen-bond acceptors (Lipinski definition) is 12. The molecule has 12 heterocycles. The summed E-state index contributed by atoms with van der Waals surface area (Å²) in [4.78, 5) is 56.6. The third-order valence-electron chi connectivity index (χ3n) is 25.8. The third-order valence-corrected chi connectivity index (χ3v) is 25.8. The van der Waals surface area contributed by atoms with Gasteiger partial charge in [0, 0.05) is 169 Å².